The summed E-state index contributed by atoms with van der Waals surface area (Å²) in [6, 6.07) is 5.86. The lowest BCUT2D eigenvalue weighted by Gasteiger charge is -1.97. The average molecular weight is 317 g/mol. The van der Waals surface area contributed by atoms with Crippen LogP contribution in [0.2, 0.25) is 0 Å². The van der Waals surface area contributed by atoms with E-state index in [1.54, 1.807) is 0 Å². The summed E-state index contributed by atoms with van der Waals surface area (Å²) in [4.78, 5) is 10.9. The molecule has 0 saturated heterocycles. The molecule has 2 rings (SSSR count). The van der Waals surface area contributed by atoms with Gasteiger partial charge >= 0.3 is 0 Å². The van der Waals surface area contributed by atoms with Crippen LogP contribution in [0.3, 0.4) is 0 Å². The molecule has 0 unspecified atom stereocenters. The maximum atomic E-state index is 10.9. The largest absolute Gasteiger partial charge is 0.338 e. The van der Waals surface area contributed by atoms with Crippen LogP contribution < -0.4 is 0 Å². The van der Waals surface area contributed by atoms with E-state index in [9.17, 15) is 4.79 Å². The van der Waals surface area contributed by atoms with Gasteiger partial charge in [0, 0.05) is 16.9 Å². The van der Waals surface area contributed by atoms with Crippen LogP contribution in [-0.4, -0.2) is 10.9 Å². The van der Waals surface area contributed by atoms with Crippen molar-refractivity contribution in [2.75, 3.05) is 0 Å². The van der Waals surface area contributed by atoms with Crippen molar-refractivity contribution in [3.8, 4) is 0 Å². The number of aryl methyl sites for hydroxylation is 1. The number of halogens is 2. The second-order valence-corrected chi connectivity index (χ2v) is 4.71. The lowest BCUT2D eigenvalue weighted by Crippen LogP contribution is -1.87. The van der Waals surface area contributed by atoms with Gasteiger partial charge in [0.25, 0.3) is 0 Å². The summed E-state index contributed by atoms with van der Waals surface area (Å²) in [6.07, 6.45) is 0.875. The van der Waals surface area contributed by atoms with Crippen molar-refractivity contribution in [2.45, 2.75) is 0 Å². The molecule has 0 saturated carbocycles. The van der Waals surface area contributed by atoms with Crippen LogP contribution in [0.15, 0.2) is 27.3 Å². The molecule has 0 amide bonds. The minimum atomic E-state index is 0.704. The molecule has 0 bridgehead atoms. The summed E-state index contributed by atoms with van der Waals surface area (Å²) < 4.78 is 3.78. The molecule has 72 valence electrons. The Morgan fingerprint density at radius 3 is 2.71 bits per heavy atom. The second-order valence-electron chi connectivity index (χ2n) is 3.04. The van der Waals surface area contributed by atoms with Crippen molar-refractivity contribution in [1.82, 2.24) is 4.57 Å². The summed E-state index contributed by atoms with van der Waals surface area (Å²) in [7, 11) is 1.92. The van der Waals surface area contributed by atoms with E-state index in [1.165, 1.54) is 0 Å². The predicted octanol–water partition coefficient (Wildman–Crippen LogP) is 3.52. The van der Waals surface area contributed by atoms with Crippen LogP contribution in [0.5, 0.6) is 0 Å². The Morgan fingerprint density at radius 1 is 1.36 bits per heavy atom. The van der Waals surface area contributed by atoms with Gasteiger partial charge in [-0.1, -0.05) is 22.0 Å². The predicted molar refractivity (Wildman–Crippen MR) is 63.7 cm³/mol. The maximum absolute atomic E-state index is 10.9. The highest BCUT2D eigenvalue weighted by molar-refractivity contribution is 9.10. The van der Waals surface area contributed by atoms with Gasteiger partial charge in [-0.15, -0.1) is 0 Å². The van der Waals surface area contributed by atoms with Crippen molar-refractivity contribution in [3.63, 3.8) is 0 Å². The van der Waals surface area contributed by atoms with Crippen molar-refractivity contribution < 1.29 is 4.79 Å². The summed E-state index contributed by atoms with van der Waals surface area (Å²) in [6.45, 7) is 0. The summed E-state index contributed by atoms with van der Waals surface area (Å²) in [5, 5.41) is 0.970. The Morgan fingerprint density at radius 2 is 2.07 bits per heavy atom. The highest BCUT2D eigenvalue weighted by Crippen LogP contribution is 2.29. The van der Waals surface area contributed by atoms with Crippen LogP contribution in [0, 0.1) is 0 Å². The number of rotatable bonds is 1. The van der Waals surface area contributed by atoms with E-state index < -0.39 is 0 Å². The van der Waals surface area contributed by atoms with E-state index in [4.69, 9.17) is 0 Å². The third-order valence-electron chi connectivity index (χ3n) is 2.25. The molecule has 0 aliphatic heterocycles. The minimum Gasteiger partial charge on any atom is -0.338 e. The third-order valence-corrected chi connectivity index (χ3v) is 3.70. The molecule has 1 aromatic heterocycles. The average Bonchev–Trinajstić information content (AvgIpc) is 2.41. The highest BCUT2D eigenvalue weighted by atomic mass is 79.9. The fourth-order valence-corrected chi connectivity index (χ4v) is 2.37. The van der Waals surface area contributed by atoms with Gasteiger partial charge in [-0.25, -0.2) is 0 Å². The molecule has 0 spiro atoms. The summed E-state index contributed by atoms with van der Waals surface area (Å²) in [5.41, 5.74) is 1.74. The molecule has 0 aliphatic rings. The molecule has 0 fully saturated rings. The molecule has 0 N–H and O–H groups in total. The lowest BCUT2D eigenvalue weighted by molar-refractivity contribution is 0.112. The van der Waals surface area contributed by atoms with Gasteiger partial charge in [0.05, 0.1) is 15.7 Å². The molecule has 14 heavy (non-hydrogen) atoms. The van der Waals surface area contributed by atoms with Gasteiger partial charge in [-0.2, -0.15) is 0 Å². The molecule has 0 aliphatic carbocycles. The fourth-order valence-electron chi connectivity index (χ4n) is 1.52. The number of aromatic nitrogens is 1. The number of fused-ring (bicyclic) bond motifs is 1. The third kappa shape index (κ3) is 1.33. The van der Waals surface area contributed by atoms with Crippen LogP contribution in [0.4, 0.5) is 0 Å². The quantitative estimate of drug-likeness (QED) is 0.738. The zero-order chi connectivity index (χ0) is 10.3. The summed E-state index contributed by atoms with van der Waals surface area (Å²) in [5.74, 6) is 0. The standard InChI is InChI=1S/C10H7Br2NO/c1-13-9-4-6(11)2-3-7(9)8(5-14)10(13)12/h2-5H,1H3. The Balaban J connectivity index is 2.95. The van der Waals surface area contributed by atoms with E-state index in [1.807, 2.05) is 29.8 Å². The molecule has 4 heteroatoms. The van der Waals surface area contributed by atoms with Crippen molar-refractivity contribution in [1.29, 1.82) is 0 Å². The first-order valence-electron chi connectivity index (χ1n) is 4.03. The van der Waals surface area contributed by atoms with E-state index in [0.717, 1.165) is 26.3 Å². The molecular formula is C10H7Br2NO. The molecule has 2 aromatic rings. The number of hydrogen-bond donors (Lipinski definition) is 0. The van der Waals surface area contributed by atoms with Crippen LogP contribution in [0.25, 0.3) is 10.9 Å². The van der Waals surface area contributed by atoms with E-state index in [-0.39, 0.29) is 0 Å². The van der Waals surface area contributed by atoms with Gasteiger partial charge in [0.1, 0.15) is 0 Å². The number of hydrogen-bond acceptors (Lipinski definition) is 1. The van der Waals surface area contributed by atoms with E-state index >= 15 is 0 Å². The normalized spacial score (nSPS) is 10.8. The van der Waals surface area contributed by atoms with Gasteiger partial charge in [0.2, 0.25) is 0 Å². The number of aldehydes is 1. The second kappa shape index (κ2) is 3.51. The Bertz CT molecular complexity index is 516. The highest BCUT2D eigenvalue weighted by Gasteiger charge is 2.11. The maximum Gasteiger partial charge on any atom is 0.153 e. The van der Waals surface area contributed by atoms with Gasteiger partial charge in [0.15, 0.2) is 6.29 Å². The first-order valence-corrected chi connectivity index (χ1v) is 5.62. The van der Waals surface area contributed by atoms with E-state index in [2.05, 4.69) is 31.9 Å². The van der Waals surface area contributed by atoms with Crippen LogP contribution in [-0.2, 0) is 7.05 Å². The van der Waals surface area contributed by atoms with Crippen molar-refractivity contribution >= 4 is 49.0 Å². The Labute approximate surface area is 98.2 Å². The Hall–Kier alpha value is -0.610. The number of carbonyl (C=O) groups excluding carboxylic acids is 1. The molecule has 0 radical (unpaired) electrons. The summed E-state index contributed by atoms with van der Waals surface area (Å²) >= 11 is 6.80. The van der Waals surface area contributed by atoms with Gasteiger partial charge < -0.3 is 4.57 Å². The molecule has 1 aromatic carbocycles. The molecule has 2 nitrogen and oxygen atoms in total. The van der Waals surface area contributed by atoms with E-state index in [0.29, 0.717) is 5.56 Å². The number of carbonyl (C=O) groups is 1. The fraction of sp³-hybridized carbons (Fsp3) is 0.100. The SMILES string of the molecule is Cn1c(Br)c(C=O)c2ccc(Br)cc21. The first-order chi connectivity index (χ1) is 6.65. The molecule has 0 atom stereocenters. The first kappa shape index (κ1) is 9.93. The molecular weight excluding hydrogens is 310 g/mol. The minimum absolute atomic E-state index is 0.704. The number of benzene rings is 1. The van der Waals surface area contributed by atoms with Crippen molar-refractivity contribution in [3.05, 3.63) is 32.8 Å². The lowest BCUT2D eigenvalue weighted by atomic mass is 10.2. The topological polar surface area (TPSA) is 22.0 Å². The van der Waals surface area contributed by atoms with Gasteiger partial charge in [-0.05, 0) is 28.1 Å². The monoisotopic (exact) mass is 315 g/mol. The zero-order valence-electron chi connectivity index (χ0n) is 7.42. The Kier molecular flexibility index (Phi) is 2.49. The molecule has 1 heterocycles. The van der Waals surface area contributed by atoms with Crippen molar-refractivity contribution in [2.24, 2.45) is 7.05 Å². The van der Waals surface area contributed by atoms with Crippen LogP contribution in [0.1, 0.15) is 10.4 Å². The smallest absolute Gasteiger partial charge is 0.153 e. The van der Waals surface area contributed by atoms with Crippen LogP contribution >= 0.6 is 31.9 Å². The zero-order valence-corrected chi connectivity index (χ0v) is 10.6. The van der Waals surface area contributed by atoms with Gasteiger partial charge in [-0.3, -0.25) is 4.79 Å². The number of nitrogens with zero attached hydrogens (tertiary/aromatic N) is 1.